The minimum absolute atomic E-state index is 0.0549. The Morgan fingerprint density at radius 1 is 0.974 bits per heavy atom. The number of ether oxygens (including phenoxy) is 2. The Bertz CT molecular complexity index is 1230. The molecule has 2 saturated heterocycles. The van der Waals surface area contributed by atoms with Crippen LogP contribution in [0.4, 0.5) is 4.79 Å². The Balaban J connectivity index is 1.64. The maximum Gasteiger partial charge on any atom is 0.326 e. The molecule has 38 heavy (non-hydrogen) atoms. The van der Waals surface area contributed by atoms with E-state index in [1.54, 1.807) is 21.0 Å². The summed E-state index contributed by atoms with van der Waals surface area (Å²) in [5.41, 5.74) is 0.565. The maximum atomic E-state index is 13.6. The first kappa shape index (κ1) is 25.9. The average Bonchev–Trinajstić information content (AvgIpc) is 3.28. The molecule has 0 radical (unpaired) electrons. The number of rotatable bonds is 7. The third kappa shape index (κ3) is 4.55. The van der Waals surface area contributed by atoms with Crippen LogP contribution in [0.2, 0.25) is 0 Å². The van der Waals surface area contributed by atoms with Crippen molar-refractivity contribution in [3.05, 3.63) is 102 Å². The Kier molecular flexibility index (Phi) is 6.96. The maximum absolute atomic E-state index is 13.6. The van der Waals surface area contributed by atoms with Crippen molar-refractivity contribution in [1.29, 1.82) is 0 Å². The number of hydrogen-bond donors (Lipinski definition) is 3. The zero-order chi connectivity index (χ0) is 26.9. The molecular formula is C30H33N3O5. The number of aliphatic hydroxyl groups excluding tert-OH is 1. The van der Waals surface area contributed by atoms with Gasteiger partial charge in [0.25, 0.3) is 0 Å². The van der Waals surface area contributed by atoms with E-state index in [0.29, 0.717) is 5.75 Å². The van der Waals surface area contributed by atoms with Gasteiger partial charge in [0.2, 0.25) is 5.91 Å². The van der Waals surface area contributed by atoms with Gasteiger partial charge in [-0.3, -0.25) is 20.3 Å². The molecule has 2 heterocycles. The highest BCUT2D eigenvalue weighted by Crippen LogP contribution is 2.40. The lowest BCUT2D eigenvalue weighted by Gasteiger charge is -2.48. The first-order chi connectivity index (χ1) is 18.3. The largest absolute Gasteiger partial charge is 0.497 e. The third-order valence-electron chi connectivity index (χ3n) is 7.57. The fourth-order valence-corrected chi connectivity index (χ4v) is 5.46. The van der Waals surface area contributed by atoms with Crippen molar-refractivity contribution in [2.45, 2.75) is 49.8 Å². The number of imide groups is 1. The summed E-state index contributed by atoms with van der Waals surface area (Å²) in [7, 11) is 1.62. The summed E-state index contributed by atoms with van der Waals surface area (Å²) >= 11 is 0. The Morgan fingerprint density at radius 3 is 2.03 bits per heavy atom. The van der Waals surface area contributed by atoms with Gasteiger partial charge in [-0.2, -0.15) is 0 Å². The number of benzene rings is 3. The quantitative estimate of drug-likeness (QED) is 0.417. The SMILES string of the molecule is COc1ccc(C(NC2(C)CN([C@H]3C[C@H](O)[C@@H](C)O3)C(=O)NC2=O)(c2ccccc2)c2ccccc2)cc1. The summed E-state index contributed by atoms with van der Waals surface area (Å²) in [5.74, 6) is 0.281. The first-order valence-electron chi connectivity index (χ1n) is 12.8. The summed E-state index contributed by atoms with van der Waals surface area (Å²) in [6, 6.07) is 27.1. The highest BCUT2D eigenvalue weighted by atomic mass is 16.5. The normalized spacial score (nSPS) is 25.8. The predicted octanol–water partition coefficient (Wildman–Crippen LogP) is 3.38. The van der Waals surface area contributed by atoms with Gasteiger partial charge >= 0.3 is 6.03 Å². The number of aliphatic hydroxyl groups is 1. The smallest absolute Gasteiger partial charge is 0.326 e. The molecule has 0 aliphatic carbocycles. The van der Waals surface area contributed by atoms with Crippen molar-refractivity contribution < 1.29 is 24.2 Å². The molecule has 3 aromatic rings. The van der Waals surface area contributed by atoms with E-state index in [1.807, 2.05) is 84.9 Å². The van der Waals surface area contributed by atoms with Crippen molar-refractivity contribution in [3.63, 3.8) is 0 Å². The lowest BCUT2D eigenvalue weighted by molar-refractivity contribution is -0.132. The molecule has 0 saturated carbocycles. The van der Waals surface area contributed by atoms with Crippen LogP contribution in [0.15, 0.2) is 84.9 Å². The molecule has 0 spiro atoms. The molecule has 2 fully saturated rings. The van der Waals surface area contributed by atoms with Crippen LogP contribution in [0.5, 0.6) is 5.75 Å². The van der Waals surface area contributed by atoms with Gasteiger partial charge in [0.1, 0.15) is 17.5 Å². The number of carbonyl (C=O) groups excluding carboxylic acids is 2. The van der Waals surface area contributed by atoms with Gasteiger partial charge in [-0.05, 0) is 42.7 Å². The molecule has 3 N–H and O–H groups in total. The van der Waals surface area contributed by atoms with E-state index in [2.05, 4.69) is 10.6 Å². The number of carbonyl (C=O) groups is 2. The summed E-state index contributed by atoms with van der Waals surface area (Å²) < 4.78 is 11.3. The van der Waals surface area contributed by atoms with Gasteiger partial charge in [0.15, 0.2) is 0 Å². The van der Waals surface area contributed by atoms with E-state index < -0.39 is 41.5 Å². The van der Waals surface area contributed by atoms with Gasteiger partial charge in [0, 0.05) is 6.42 Å². The molecule has 1 unspecified atom stereocenters. The second kappa shape index (κ2) is 10.2. The Hall–Kier alpha value is -3.72. The molecule has 198 valence electrons. The molecule has 5 rings (SSSR count). The van der Waals surface area contributed by atoms with Crippen LogP contribution in [0, 0.1) is 0 Å². The number of nitrogens with zero attached hydrogens (tertiary/aromatic N) is 1. The number of urea groups is 1. The number of nitrogens with one attached hydrogen (secondary N) is 2. The van der Waals surface area contributed by atoms with Crippen molar-refractivity contribution in [1.82, 2.24) is 15.5 Å². The standard InChI is InChI=1S/C30H33N3O5/c1-20-25(34)18-26(38-20)33-19-29(2,27(35)31-28(33)36)32-30(21-10-6-4-7-11-21,22-12-8-5-9-13-22)23-14-16-24(37-3)17-15-23/h4-17,20,25-26,32,34H,18-19H2,1-3H3,(H,31,35,36)/t20-,25+,26-,29?/m1/s1. The van der Waals surface area contributed by atoms with E-state index in [-0.39, 0.29) is 13.0 Å². The van der Waals surface area contributed by atoms with E-state index in [0.717, 1.165) is 16.7 Å². The predicted molar refractivity (Wildman–Crippen MR) is 143 cm³/mol. The fraction of sp³-hybridized carbons (Fsp3) is 0.333. The second-order valence-electron chi connectivity index (χ2n) is 10.2. The molecule has 2 aliphatic rings. The minimum atomic E-state index is -1.22. The molecule has 3 aromatic carbocycles. The summed E-state index contributed by atoms with van der Waals surface area (Å²) in [4.78, 5) is 28.0. The lowest BCUT2D eigenvalue weighted by Crippen LogP contribution is -2.73. The molecular weight excluding hydrogens is 482 g/mol. The summed E-state index contributed by atoms with van der Waals surface area (Å²) in [6.07, 6.45) is -1.45. The topological polar surface area (TPSA) is 100 Å². The molecule has 4 atom stereocenters. The van der Waals surface area contributed by atoms with Crippen LogP contribution in [-0.4, -0.2) is 59.6 Å². The van der Waals surface area contributed by atoms with Crippen molar-refractivity contribution >= 4 is 11.9 Å². The first-order valence-corrected chi connectivity index (χ1v) is 12.8. The molecule has 8 nitrogen and oxygen atoms in total. The molecule has 8 heteroatoms. The van der Waals surface area contributed by atoms with Crippen molar-refractivity contribution in [3.8, 4) is 5.75 Å². The molecule has 3 amide bonds. The van der Waals surface area contributed by atoms with Gasteiger partial charge in [-0.25, -0.2) is 4.79 Å². The minimum Gasteiger partial charge on any atom is -0.497 e. The van der Waals surface area contributed by atoms with Crippen molar-refractivity contribution in [2.75, 3.05) is 13.7 Å². The van der Waals surface area contributed by atoms with Crippen LogP contribution < -0.4 is 15.4 Å². The highest BCUT2D eigenvalue weighted by Gasteiger charge is 2.52. The summed E-state index contributed by atoms with van der Waals surface area (Å²) in [6.45, 7) is 3.62. The Morgan fingerprint density at radius 2 is 1.53 bits per heavy atom. The monoisotopic (exact) mass is 515 g/mol. The third-order valence-corrected chi connectivity index (χ3v) is 7.57. The fourth-order valence-electron chi connectivity index (χ4n) is 5.46. The van der Waals surface area contributed by atoms with Crippen LogP contribution in [0.3, 0.4) is 0 Å². The molecule has 2 aliphatic heterocycles. The molecule has 0 aromatic heterocycles. The van der Waals surface area contributed by atoms with E-state index in [1.165, 1.54) is 4.90 Å². The van der Waals surface area contributed by atoms with E-state index in [4.69, 9.17) is 9.47 Å². The van der Waals surface area contributed by atoms with Crippen LogP contribution in [-0.2, 0) is 15.1 Å². The molecule has 0 bridgehead atoms. The highest BCUT2D eigenvalue weighted by molar-refractivity contribution is 6.02. The van der Waals surface area contributed by atoms with Gasteiger partial charge in [-0.15, -0.1) is 0 Å². The number of methoxy groups -OCH3 is 1. The van der Waals surface area contributed by atoms with Gasteiger partial charge in [-0.1, -0.05) is 72.8 Å². The van der Waals surface area contributed by atoms with Gasteiger partial charge in [0.05, 0.1) is 31.4 Å². The van der Waals surface area contributed by atoms with Crippen LogP contribution >= 0.6 is 0 Å². The summed E-state index contributed by atoms with van der Waals surface area (Å²) in [5, 5.41) is 16.5. The number of amides is 3. The van der Waals surface area contributed by atoms with Crippen LogP contribution in [0.1, 0.15) is 37.0 Å². The van der Waals surface area contributed by atoms with Crippen LogP contribution in [0.25, 0.3) is 0 Å². The van der Waals surface area contributed by atoms with Gasteiger partial charge < -0.3 is 14.6 Å². The van der Waals surface area contributed by atoms with Crippen molar-refractivity contribution in [2.24, 2.45) is 0 Å². The number of hydrogen-bond acceptors (Lipinski definition) is 6. The zero-order valence-electron chi connectivity index (χ0n) is 21.8. The zero-order valence-corrected chi connectivity index (χ0v) is 21.8. The second-order valence-corrected chi connectivity index (χ2v) is 10.2. The van der Waals surface area contributed by atoms with E-state index >= 15 is 0 Å². The lowest BCUT2D eigenvalue weighted by atomic mass is 9.74. The Labute approximate surface area is 222 Å². The average molecular weight is 516 g/mol. The van der Waals surface area contributed by atoms with E-state index in [9.17, 15) is 14.7 Å².